The minimum absolute atomic E-state index is 0. The molecule has 2 rings (SSSR count). The van der Waals surface area contributed by atoms with E-state index >= 15 is 0 Å². The fourth-order valence-corrected chi connectivity index (χ4v) is 3.49. The summed E-state index contributed by atoms with van der Waals surface area (Å²) in [7, 11) is 4.07. The van der Waals surface area contributed by atoms with Crippen LogP contribution in [0, 0.1) is 0 Å². The summed E-state index contributed by atoms with van der Waals surface area (Å²) >= 11 is 1.71. The Labute approximate surface area is 186 Å². The number of likely N-dealkylation sites (N-methyl/N-ethyl adjacent to an activating group) is 1. The standard InChI is InChI=1S/C19H26F2N4OS.HI/c1-4-22-19(24-13-15(25(2)3)17-10-7-11-27-17)23-12-14-8-5-6-9-16(14)26-18(20)21;/h5-11,15,18H,4,12-13H2,1-3H3,(H2,22,23,24);1H. The van der Waals surface area contributed by atoms with Gasteiger partial charge in [0.15, 0.2) is 5.96 Å². The second-order valence-corrected chi connectivity index (χ2v) is 7.04. The van der Waals surface area contributed by atoms with Gasteiger partial charge in [0.1, 0.15) is 5.75 Å². The van der Waals surface area contributed by atoms with Gasteiger partial charge in [0, 0.05) is 23.5 Å². The fraction of sp³-hybridized carbons (Fsp3) is 0.421. The van der Waals surface area contributed by atoms with E-state index in [2.05, 4.69) is 36.7 Å². The highest BCUT2D eigenvalue weighted by Crippen LogP contribution is 2.23. The van der Waals surface area contributed by atoms with Crippen molar-refractivity contribution in [2.45, 2.75) is 26.1 Å². The summed E-state index contributed by atoms with van der Waals surface area (Å²) in [5.74, 6) is 0.782. The first kappa shape index (κ1) is 24.6. The van der Waals surface area contributed by atoms with E-state index in [1.807, 2.05) is 27.1 Å². The summed E-state index contributed by atoms with van der Waals surface area (Å²) in [5, 5.41) is 8.58. The maximum atomic E-state index is 12.6. The van der Waals surface area contributed by atoms with E-state index in [1.54, 1.807) is 29.5 Å². The van der Waals surface area contributed by atoms with Crippen molar-refractivity contribution in [1.82, 2.24) is 15.5 Å². The van der Waals surface area contributed by atoms with E-state index in [0.29, 0.717) is 24.6 Å². The number of nitrogens with one attached hydrogen (secondary N) is 2. The molecule has 0 aliphatic rings. The molecule has 0 fully saturated rings. The predicted octanol–water partition coefficient (Wildman–Crippen LogP) is 4.33. The van der Waals surface area contributed by atoms with E-state index in [1.165, 1.54) is 10.9 Å². The maximum Gasteiger partial charge on any atom is 0.387 e. The molecule has 0 bridgehead atoms. The van der Waals surface area contributed by atoms with Crippen LogP contribution in [0.5, 0.6) is 5.75 Å². The van der Waals surface area contributed by atoms with Gasteiger partial charge in [-0.05, 0) is 38.5 Å². The first-order valence-corrected chi connectivity index (χ1v) is 9.64. The van der Waals surface area contributed by atoms with Crippen LogP contribution in [-0.4, -0.2) is 44.7 Å². The number of guanidine groups is 1. The Hall–Kier alpha value is -1.46. The van der Waals surface area contributed by atoms with Crippen molar-refractivity contribution >= 4 is 41.3 Å². The number of nitrogens with zero attached hydrogens (tertiary/aromatic N) is 2. The number of rotatable bonds is 9. The van der Waals surface area contributed by atoms with Crippen molar-refractivity contribution in [2.75, 3.05) is 27.2 Å². The van der Waals surface area contributed by atoms with Crippen molar-refractivity contribution in [3.63, 3.8) is 0 Å². The van der Waals surface area contributed by atoms with Gasteiger partial charge in [-0.25, -0.2) is 4.99 Å². The van der Waals surface area contributed by atoms with Crippen molar-refractivity contribution in [3.8, 4) is 5.75 Å². The Bertz CT molecular complexity index is 714. The molecule has 1 atom stereocenters. The quantitative estimate of drug-likeness (QED) is 0.292. The number of hydrogen-bond acceptors (Lipinski definition) is 4. The molecule has 2 N–H and O–H groups in total. The Balaban J connectivity index is 0.00000392. The molecule has 156 valence electrons. The molecular weight excluding hydrogens is 497 g/mol. The zero-order valence-electron chi connectivity index (χ0n) is 16.2. The Morgan fingerprint density at radius 3 is 2.54 bits per heavy atom. The maximum absolute atomic E-state index is 12.6. The van der Waals surface area contributed by atoms with Crippen molar-refractivity contribution in [1.29, 1.82) is 0 Å². The minimum atomic E-state index is -2.85. The number of aliphatic imine (C=N–C) groups is 1. The Kier molecular flexibility index (Phi) is 11.3. The second-order valence-electron chi connectivity index (χ2n) is 6.06. The molecule has 1 aromatic carbocycles. The minimum Gasteiger partial charge on any atom is -0.434 e. The Morgan fingerprint density at radius 1 is 1.18 bits per heavy atom. The van der Waals surface area contributed by atoms with Gasteiger partial charge in [-0.2, -0.15) is 8.78 Å². The molecule has 0 aliphatic heterocycles. The fourth-order valence-electron chi connectivity index (χ4n) is 2.56. The summed E-state index contributed by atoms with van der Waals surface area (Å²) < 4.78 is 29.7. The third-order valence-electron chi connectivity index (χ3n) is 3.90. The van der Waals surface area contributed by atoms with Gasteiger partial charge in [-0.3, -0.25) is 0 Å². The first-order valence-electron chi connectivity index (χ1n) is 8.76. The normalized spacial score (nSPS) is 12.6. The number of benzene rings is 1. The lowest BCUT2D eigenvalue weighted by Crippen LogP contribution is -2.41. The summed E-state index contributed by atoms with van der Waals surface area (Å²) in [6.45, 7) is 0.742. The molecule has 0 amide bonds. The summed E-state index contributed by atoms with van der Waals surface area (Å²) in [6, 6.07) is 11.1. The third-order valence-corrected chi connectivity index (χ3v) is 4.87. The SMILES string of the molecule is CCNC(=NCc1ccccc1OC(F)F)NCC(c1cccs1)N(C)C.I. The number of para-hydroxylation sites is 1. The molecule has 0 saturated carbocycles. The molecule has 1 heterocycles. The van der Waals surface area contributed by atoms with Gasteiger partial charge >= 0.3 is 6.61 Å². The van der Waals surface area contributed by atoms with Crippen molar-refractivity contribution in [2.24, 2.45) is 4.99 Å². The van der Waals surface area contributed by atoms with Crippen LogP contribution in [0.15, 0.2) is 46.8 Å². The van der Waals surface area contributed by atoms with Crippen LogP contribution in [0.3, 0.4) is 0 Å². The predicted molar refractivity (Wildman–Crippen MR) is 122 cm³/mol. The van der Waals surface area contributed by atoms with Gasteiger partial charge in [-0.15, -0.1) is 35.3 Å². The van der Waals surface area contributed by atoms with E-state index in [0.717, 1.165) is 0 Å². The third kappa shape index (κ3) is 7.88. The average molecular weight is 524 g/mol. The molecule has 0 radical (unpaired) electrons. The van der Waals surface area contributed by atoms with Gasteiger partial charge < -0.3 is 20.3 Å². The molecule has 0 aliphatic carbocycles. The van der Waals surface area contributed by atoms with Gasteiger partial charge in [0.05, 0.1) is 12.6 Å². The Morgan fingerprint density at radius 2 is 1.93 bits per heavy atom. The van der Waals surface area contributed by atoms with Crippen LogP contribution in [-0.2, 0) is 6.54 Å². The van der Waals surface area contributed by atoms with E-state index in [4.69, 9.17) is 0 Å². The number of hydrogen-bond donors (Lipinski definition) is 2. The molecule has 5 nitrogen and oxygen atoms in total. The molecule has 28 heavy (non-hydrogen) atoms. The van der Waals surface area contributed by atoms with Crippen molar-refractivity contribution < 1.29 is 13.5 Å². The van der Waals surface area contributed by atoms with Gasteiger partial charge in [-0.1, -0.05) is 24.3 Å². The monoisotopic (exact) mass is 524 g/mol. The van der Waals surface area contributed by atoms with Crippen molar-refractivity contribution in [3.05, 3.63) is 52.2 Å². The van der Waals surface area contributed by atoms with Crippen LogP contribution in [0.2, 0.25) is 0 Å². The summed E-state index contributed by atoms with van der Waals surface area (Å²) in [4.78, 5) is 7.93. The highest BCUT2D eigenvalue weighted by molar-refractivity contribution is 14.0. The number of alkyl halides is 2. The van der Waals surface area contributed by atoms with E-state index < -0.39 is 6.61 Å². The highest BCUT2D eigenvalue weighted by Gasteiger charge is 2.15. The topological polar surface area (TPSA) is 48.9 Å². The molecule has 0 spiro atoms. The van der Waals surface area contributed by atoms with Crippen LogP contribution >= 0.6 is 35.3 Å². The smallest absolute Gasteiger partial charge is 0.387 e. The van der Waals surface area contributed by atoms with Crippen LogP contribution in [0.25, 0.3) is 0 Å². The second kappa shape index (κ2) is 12.9. The lowest BCUT2D eigenvalue weighted by atomic mass is 10.2. The van der Waals surface area contributed by atoms with E-state index in [9.17, 15) is 8.78 Å². The summed E-state index contributed by atoms with van der Waals surface area (Å²) in [6.07, 6.45) is 0. The number of thiophene rings is 1. The van der Waals surface area contributed by atoms with Crippen LogP contribution < -0.4 is 15.4 Å². The zero-order valence-corrected chi connectivity index (χ0v) is 19.3. The molecule has 2 aromatic rings. The molecular formula is C19H27F2IN4OS. The zero-order chi connectivity index (χ0) is 19.6. The number of halogens is 3. The average Bonchev–Trinajstić information content (AvgIpc) is 3.14. The van der Waals surface area contributed by atoms with Gasteiger partial charge in [0.2, 0.25) is 0 Å². The van der Waals surface area contributed by atoms with Crippen LogP contribution in [0.1, 0.15) is 23.4 Å². The highest BCUT2D eigenvalue weighted by atomic mass is 127. The lowest BCUT2D eigenvalue weighted by Gasteiger charge is -2.24. The first-order chi connectivity index (χ1) is 13.0. The summed E-state index contributed by atoms with van der Waals surface area (Å²) in [5.41, 5.74) is 0.609. The van der Waals surface area contributed by atoms with E-state index in [-0.39, 0.29) is 42.3 Å². The molecule has 1 aromatic heterocycles. The largest absolute Gasteiger partial charge is 0.434 e. The number of ether oxygens (including phenoxy) is 1. The van der Waals surface area contributed by atoms with Crippen LogP contribution in [0.4, 0.5) is 8.78 Å². The molecule has 0 saturated heterocycles. The molecule has 1 unspecified atom stereocenters. The molecule has 9 heteroatoms. The van der Waals surface area contributed by atoms with Gasteiger partial charge in [0.25, 0.3) is 0 Å². The lowest BCUT2D eigenvalue weighted by molar-refractivity contribution is -0.0504.